The van der Waals surface area contributed by atoms with Crippen LogP contribution >= 0.6 is 11.3 Å². The van der Waals surface area contributed by atoms with Gasteiger partial charge in [0.05, 0.1) is 0 Å². The highest BCUT2D eigenvalue weighted by Crippen LogP contribution is 2.17. The second-order valence-electron chi connectivity index (χ2n) is 5.53. The molecule has 1 amide bonds. The van der Waals surface area contributed by atoms with E-state index in [9.17, 15) is 4.79 Å². The Morgan fingerprint density at radius 2 is 2.20 bits per heavy atom. The fourth-order valence-corrected chi connectivity index (χ4v) is 3.22. The molecular formula is C16H28N2OS. The first-order valence-corrected chi connectivity index (χ1v) is 8.44. The molecule has 0 saturated heterocycles. The van der Waals surface area contributed by atoms with Crippen LogP contribution in [0.2, 0.25) is 0 Å². The van der Waals surface area contributed by atoms with E-state index in [0.29, 0.717) is 12.3 Å². The van der Waals surface area contributed by atoms with Gasteiger partial charge in [0.25, 0.3) is 0 Å². The lowest BCUT2D eigenvalue weighted by Crippen LogP contribution is -2.36. The summed E-state index contributed by atoms with van der Waals surface area (Å²) < 4.78 is 0. The summed E-state index contributed by atoms with van der Waals surface area (Å²) in [5.41, 5.74) is 5.60. The maximum atomic E-state index is 12.2. The van der Waals surface area contributed by atoms with Crippen LogP contribution in [-0.2, 0) is 11.2 Å². The summed E-state index contributed by atoms with van der Waals surface area (Å²) in [6.07, 6.45) is 4.68. The Balaban J connectivity index is 2.37. The first-order chi connectivity index (χ1) is 9.58. The molecular weight excluding hydrogens is 268 g/mol. The lowest BCUT2D eigenvalue weighted by Gasteiger charge is -2.25. The van der Waals surface area contributed by atoms with Crippen LogP contribution in [-0.4, -0.2) is 30.4 Å². The van der Waals surface area contributed by atoms with Gasteiger partial charge in [-0.3, -0.25) is 4.79 Å². The van der Waals surface area contributed by atoms with Gasteiger partial charge >= 0.3 is 0 Å². The lowest BCUT2D eigenvalue weighted by molar-refractivity contribution is -0.132. The first-order valence-electron chi connectivity index (χ1n) is 7.56. The molecule has 2 N–H and O–H groups in total. The monoisotopic (exact) mass is 296 g/mol. The first kappa shape index (κ1) is 17.2. The van der Waals surface area contributed by atoms with E-state index in [4.69, 9.17) is 5.73 Å². The average Bonchev–Trinajstić information content (AvgIpc) is 2.94. The van der Waals surface area contributed by atoms with Crippen LogP contribution < -0.4 is 5.73 Å². The topological polar surface area (TPSA) is 46.3 Å². The number of nitrogens with zero attached hydrogens (tertiary/aromatic N) is 1. The second kappa shape index (κ2) is 9.14. The van der Waals surface area contributed by atoms with Gasteiger partial charge in [-0.05, 0) is 43.7 Å². The van der Waals surface area contributed by atoms with Gasteiger partial charge in [0.2, 0.25) is 5.91 Å². The molecule has 0 radical (unpaired) electrons. The zero-order chi connectivity index (χ0) is 15.0. The minimum absolute atomic E-state index is 0.254. The number of nitrogens with two attached hydrogens (primary N) is 1. The molecule has 114 valence electrons. The van der Waals surface area contributed by atoms with Crippen molar-refractivity contribution in [2.24, 2.45) is 11.7 Å². The summed E-state index contributed by atoms with van der Waals surface area (Å²) >= 11 is 1.76. The van der Waals surface area contributed by atoms with Crippen LogP contribution in [0, 0.1) is 5.92 Å². The van der Waals surface area contributed by atoms with Gasteiger partial charge in [-0.1, -0.05) is 19.4 Å². The maximum Gasteiger partial charge on any atom is 0.222 e. The predicted molar refractivity (Wildman–Crippen MR) is 86.9 cm³/mol. The van der Waals surface area contributed by atoms with Crippen LogP contribution in [0.3, 0.4) is 0 Å². The third-order valence-electron chi connectivity index (χ3n) is 4.05. The highest BCUT2D eigenvalue weighted by molar-refractivity contribution is 7.09. The molecule has 0 fully saturated rings. The van der Waals surface area contributed by atoms with Crippen molar-refractivity contribution >= 4 is 17.2 Å². The zero-order valence-electron chi connectivity index (χ0n) is 13.0. The van der Waals surface area contributed by atoms with E-state index in [0.717, 1.165) is 32.2 Å². The summed E-state index contributed by atoms with van der Waals surface area (Å²) in [5, 5.41) is 2.09. The van der Waals surface area contributed by atoms with Gasteiger partial charge in [-0.25, -0.2) is 0 Å². The Hall–Kier alpha value is -0.870. The molecule has 1 heterocycles. The normalized spacial score (nSPS) is 14.0. The minimum Gasteiger partial charge on any atom is -0.343 e. The van der Waals surface area contributed by atoms with Crippen molar-refractivity contribution in [3.05, 3.63) is 22.4 Å². The van der Waals surface area contributed by atoms with E-state index >= 15 is 0 Å². The van der Waals surface area contributed by atoms with Crippen molar-refractivity contribution in [2.45, 2.75) is 52.0 Å². The molecule has 2 atom stereocenters. The number of amides is 1. The molecule has 1 aromatic rings. The van der Waals surface area contributed by atoms with Gasteiger partial charge in [0.15, 0.2) is 0 Å². The maximum absolute atomic E-state index is 12.2. The highest BCUT2D eigenvalue weighted by atomic mass is 32.1. The standard InChI is InChI=1S/C16H28N2OS/c1-4-14(9-10-17)7-8-16(19)18(3)13(2)12-15-6-5-11-20-15/h5-6,11,13-14H,4,7-10,12,17H2,1-3H3. The Morgan fingerprint density at radius 3 is 2.75 bits per heavy atom. The van der Waals surface area contributed by atoms with Crippen LogP contribution in [0.15, 0.2) is 17.5 Å². The third kappa shape index (κ3) is 5.63. The number of thiophene rings is 1. The number of likely N-dealkylation sites (N-methyl/N-ethyl adjacent to an activating group) is 1. The van der Waals surface area contributed by atoms with Gasteiger partial charge in [0.1, 0.15) is 0 Å². The van der Waals surface area contributed by atoms with E-state index in [2.05, 4.69) is 31.4 Å². The summed E-state index contributed by atoms with van der Waals surface area (Å²) in [6, 6.07) is 4.46. The fourth-order valence-electron chi connectivity index (χ4n) is 2.39. The van der Waals surface area contributed by atoms with Crippen molar-refractivity contribution in [1.82, 2.24) is 4.90 Å². The van der Waals surface area contributed by atoms with Crippen LogP contribution in [0.5, 0.6) is 0 Å². The summed E-state index contributed by atoms with van der Waals surface area (Å²) in [7, 11) is 1.92. The molecule has 0 aliphatic rings. The molecule has 0 bridgehead atoms. The molecule has 1 rings (SSSR count). The van der Waals surface area contributed by atoms with Crippen LogP contribution in [0.25, 0.3) is 0 Å². The summed E-state index contributed by atoms with van der Waals surface area (Å²) in [6.45, 7) is 5.01. The van der Waals surface area contributed by atoms with Crippen LogP contribution in [0.4, 0.5) is 0 Å². The summed E-state index contributed by atoms with van der Waals surface area (Å²) in [4.78, 5) is 15.5. The molecule has 0 aliphatic carbocycles. The van der Waals surface area contributed by atoms with E-state index in [1.807, 2.05) is 11.9 Å². The highest BCUT2D eigenvalue weighted by Gasteiger charge is 2.17. The summed E-state index contributed by atoms with van der Waals surface area (Å²) in [5.74, 6) is 0.842. The van der Waals surface area contributed by atoms with Gasteiger partial charge < -0.3 is 10.6 Å². The quantitative estimate of drug-likeness (QED) is 0.760. The van der Waals surface area contributed by atoms with Crippen molar-refractivity contribution < 1.29 is 4.79 Å². The molecule has 1 aromatic heterocycles. The largest absolute Gasteiger partial charge is 0.343 e. The number of rotatable bonds is 9. The van der Waals surface area contributed by atoms with Gasteiger partial charge in [-0.2, -0.15) is 0 Å². The smallest absolute Gasteiger partial charge is 0.222 e. The molecule has 0 spiro atoms. The molecule has 20 heavy (non-hydrogen) atoms. The van der Waals surface area contributed by atoms with Crippen molar-refractivity contribution in [2.75, 3.05) is 13.6 Å². The number of hydrogen-bond acceptors (Lipinski definition) is 3. The van der Waals surface area contributed by atoms with Crippen molar-refractivity contribution in [3.63, 3.8) is 0 Å². The lowest BCUT2D eigenvalue weighted by atomic mass is 9.96. The van der Waals surface area contributed by atoms with Crippen LogP contribution in [0.1, 0.15) is 44.4 Å². The van der Waals surface area contributed by atoms with Crippen molar-refractivity contribution in [3.8, 4) is 0 Å². The number of carbonyl (C=O) groups excluding carboxylic acids is 1. The number of hydrogen-bond donors (Lipinski definition) is 1. The molecule has 4 heteroatoms. The molecule has 0 aliphatic heterocycles. The fraction of sp³-hybridized carbons (Fsp3) is 0.688. The minimum atomic E-state index is 0.254. The third-order valence-corrected chi connectivity index (χ3v) is 4.95. The van der Waals surface area contributed by atoms with E-state index < -0.39 is 0 Å². The molecule has 2 unspecified atom stereocenters. The van der Waals surface area contributed by atoms with E-state index in [1.54, 1.807) is 11.3 Å². The Bertz CT molecular complexity index is 378. The zero-order valence-corrected chi connectivity index (χ0v) is 13.8. The Labute approximate surface area is 127 Å². The molecule has 0 aromatic carbocycles. The van der Waals surface area contributed by atoms with E-state index in [-0.39, 0.29) is 11.9 Å². The Morgan fingerprint density at radius 1 is 1.45 bits per heavy atom. The van der Waals surface area contributed by atoms with Gasteiger partial charge in [0, 0.05) is 30.8 Å². The van der Waals surface area contributed by atoms with Crippen molar-refractivity contribution in [1.29, 1.82) is 0 Å². The molecule has 3 nitrogen and oxygen atoms in total. The van der Waals surface area contributed by atoms with E-state index in [1.165, 1.54) is 4.88 Å². The average molecular weight is 296 g/mol. The molecule has 0 saturated carbocycles. The number of carbonyl (C=O) groups is 1. The Kier molecular flexibility index (Phi) is 7.85. The second-order valence-corrected chi connectivity index (χ2v) is 6.56. The SMILES string of the molecule is CCC(CCN)CCC(=O)N(C)C(C)Cc1cccs1. The van der Waals surface area contributed by atoms with Gasteiger partial charge in [-0.15, -0.1) is 11.3 Å². The predicted octanol–water partition coefficient (Wildman–Crippen LogP) is 3.29.